The van der Waals surface area contributed by atoms with E-state index < -0.39 is 5.97 Å². The van der Waals surface area contributed by atoms with Gasteiger partial charge in [-0.3, -0.25) is 0 Å². The molecular weight excluding hydrogens is 252 g/mol. The number of aromatic carboxylic acids is 1. The van der Waals surface area contributed by atoms with Crippen LogP contribution in [0.4, 0.5) is 0 Å². The van der Waals surface area contributed by atoms with E-state index in [-0.39, 0.29) is 5.56 Å². The van der Waals surface area contributed by atoms with Crippen molar-refractivity contribution in [2.24, 2.45) is 0 Å². The molecule has 3 aromatic rings. The van der Waals surface area contributed by atoms with Gasteiger partial charge in [-0.2, -0.15) is 5.10 Å². The van der Waals surface area contributed by atoms with E-state index in [1.54, 1.807) is 24.3 Å². The first kappa shape index (κ1) is 12.3. The van der Waals surface area contributed by atoms with Gasteiger partial charge in [0.2, 0.25) is 0 Å². The van der Waals surface area contributed by atoms with Gasteiger partial charge in [0.25, 0.3) is 0 Å². The van der Waals surface area contributed by atoms with Gasteiger partial charge in [0.05, 0.1) is 11.3 Å². The highest BCUT2D eigenvalue weighted by Crippen LogP contribution is 2.29. The molecular formula is C16H12N2O2. The summed E-state index contributed by atoms with van der Waals surface area (Å²) in [7, 11) is 0. The topological polar surface area (TPSA) is 63.1 Å². The Labute approximate surface area is 115 Å². The van der Waals surface area contributed by atoms with Crippen molar-refractivity contribution in [1.82, 2.24) is 10.2 Å². The predicted molar refractivity (Wildman–Crippen MR) is 76.7 cm³/mol. The molecule has 0 aliphatic rings. The lowest BCUT2D eigenvalue weighted by Gasteiger charge is -2.09. The lowest BCUT2D eigenvalue weighted by molar-refractivity contribution is 0.0697. The van der Waals surface area contributed by atoms with E-state index in [1.165, 1.54) is 0 Å². The second kappa shape index (κ2) is 4.74. The molecule has 0 aliphatic carbocycles. The number of aryl methyl sites for hydroxylation is 1. The Morgan fingerprint density at radius 2 is 1.60 bits per heavy atom. The number of hydrogen-bond acceptors (Lipinski definition) is 3. The lowest BCUT2D eigenvalue weighted by atomic mass is 9.99. The van der Waals surface area contributed by atoms with Gasteiger partial charge in [0.1, 0.15) is 5.69 Å². The van der Waals surface area contributed by atoms with Crippen LogP contribution < -0.4 is 0 Å². The molecule has 0 atom stereocenters. The molecule has 1 aromatic heterocycles. The summed E-state index contributed by atoms with van der Waals surface area (Å²) in [6.07, 6.45) is 0. The third kappa shape index (κ3) is 1.91. The summed E-state index contributed by atoms with van der Waals surface area (Å²) in [5, 5.41) is 19.5. The van der Waals surface area contributed by atoms with E-state index in [0.29, 0.717) is 11.3 Å². The minimum Gasteiger partial charge on any atom is -0.478 e. The van der Waals surface area contributed by atoms with E-state index in [9.17, 15) is 9.90 Å². The number of rotatable bonds is 2. The number of benzene rings is 2. The molecule has 1 heterocycles. The Bertz CT molecular complexity index is 812. The summed E-state index contributed by atoms with van der Waals surface area (Å²) in [5.41, 5.74) is 2.25. The summed E-state index contributed by atoms with van der Waals surface area (Å²) in [4.78, 5) is 11.3. The fraction of sp³-hybridized carbons (Fsp3) is 0.0625. The minimum atomic E-state index is -0.966. The molecule has 0 saturated carbocycles. The molecule has 0 fully saturated rings. The molecule has 4 heteroatoms. The van der Waals surface area contributed by atoms with Crippen molar-refractivity contribution in [2.75, 3.05) is 0 Å². The van der Waals surface area contributed by atoms with Crippen LogP contribution in [0.2, 0.25) is 0 Å². The van der Waals surface area contributed by atoms with Gasteiger partial charge >= 0.3 is 5.97 Å². The molecule has 0 unspecified atom stereocenters. The van der Waals surface area contributed by atoms with Crippen LogP contribution in [0.5, 0.6) is 0 Å². The van der Waals surface area contributed by atoms with E-state index >= 15 is 0 Å². The van der Waals surface area contributed by atoms with Crippen LogP contribution in [-0.4, -0.2) is 21.3 Å². The minimum absolute atomic E-state index is 0.232. The molecule has 0 bridgehead atoms. The van der Waals surface area contributed by atoms with Crippen LogP contribution in [0.3, 0.4) is 0 Å². The monoisotopic (exact) mass is 264 g/mol. The third-order valence-corrected chi connectivity index (χ3v) is 3.28. The fourth-order valence-electron chi connectivity index (χ4n) is 2.31. The Hall–Kier alpha value is -2.75. The van der Waals surface area contributed by atoms with Crippen molar-refractivity contribution in [1.29, 1.82) is 0 Å². The molecule has 0 radical (unpaired) electrons. The third-order valence-electron chi connectivity index (χ3n) is 3.28. The largest absolute Gasteiger partial charge is 0.478 e. The summed E-state index contributed by atoms with van der Waals surface area (Å²) < 4.78 is 0. The number of aromatic nitrogens is 2. The summed E-state index contributed by atoms with van der Waals surface area (Å²) in [5.74, 6) is -0.966. The average molecular weight is 264 g/mol. The van der Waals surface area contributed by atoms with Gasteiger partial charge in [0, 0.05) is 16.3 Å². The zero-order chi connectivity index (χ0) is 14.1. The molecule has 1 N–H and O–H groups in total. The molecule has 20 heavy (non-hydrogen) atoms. The van der Waals surface area contributed by atoms with Crippen LogP contribution in [-0.2, 0) is 0 Å². The number of carboxylic acids is 1. The second-order valence-corrected chi connectivity index (χ2v) is 4.53. The van der Waals surface area contributed by atoms with E-state index in [0.717, 1.165) is 16.5 Å². The van der Waals surface area contributed by atoms with Gasteiger partial charge in [-0.1, -0.05) is 42.5 Å². The van der Waals surface area contributed by atoms with E-state index in [1.807, 2.05) is 31.2 Å². The molecule has 0 aliphatic heterocycles. The maximum absolute atomic E-state index is 11.3. The number of fused-ring (bicyclic) bond motifs is 1. The summed E-state index contributed by atoms with van der Waals surface area (Å²) in [6.45, 7) is 1.89. The van der Waals surface area contributed by atoms with Crippen LogP contribution in [0.15, 0.2) is 48.5 Å². The van der Waals surface area contributed by atoms with Crippen LogP contribution in [0.25, 0.3) is 22.0 Å². The van der Waals surface area contributed by atoms with Crippen molar-refractivity contribution >= 4 is 16.7 Å². The highest BCUT2D eigenvalue weighted by atomic mass is 16.4. The zero-order valence-corrected chi connectivity index (χ0v) is 10.9. The molecule has 3 rings (SSSR count). The first-order valence-corrected chi connectivity index (χ1v) is 6.23. The quantitative estimate of drug-likeness (QED) is 0.771. The standard InChI is InChI=1S/C16H12N2O2/c1-10-11-6-2-3-7-12(11)15(18-17-10)13-8-4-5-9-14(13)16(19)20/h2-9H,1H3,(H,19,20). The number of carboxylic acid groups (broad SMARTS) is 1. The predicted octanol–water partition coefficient (Wildman–Crippen LogP) is 3.30. The van der Waals surface area contributed by atoms with Crippen LogP contribution in [0.1, 0.15) is 16.1 Å². The highest BCUT2D eigenvalue weighted by molar-refractivity contribution is 6.02. The van der Waals surface area contributed by atoms with Gasteiger partial charge in [-0.15, -0.1) is 5.10 Å². The Balaban J connectivity index is 2.37. The molecule has 4 nitrogen and oxygen atoms in total. The fourth-order valence-corrected chi connectivity index (χ4v) is 2.31. The number of nitrogens with zero attached hydrogens (tertiary/aromatic N) is 2. The average Bonchev–Trinajstić information content (AvgIpc) is 2.48. The molecule has 98 valence electrons. The maximum Gasteiger partial charge on any atom is 0.336 e. The summed E-state index contributed by atoms with van der Waals surface area (Å²) >= 11 is 0. The van der Waals surface area contributed by atoms with Crippen molar-refractivity contribution in [3.8, 4) is 11.3 Å². The summed E-state index contributed by atoms with van der Waals surface area (Å²) in [6, 6.07) is 14.6. The Morgan fingerprint density at radius 3 is 2.35 bits per heavy atom. The van der Waals surface area contributed by atoms with Crippen molar-refractivity contribution in [3.63, 3.8) is 0 Å². The molecule has 0 saturated heterocycles. The van der Waals surface area contributed by atoms with Gasteiger partial charge in [-0.05, 0) is 13.0 Å². The molecule has 2 aromatic carbocycles. The van der Waals surface area contributed by atoms with E-state index in [2.05, 4.69) is 10.2 Å². The first-order chi connectivity index (χ1) is 9.68. The lowest BCUT2D eigenvalue weighted by Crippen LogP contribution is -2.02. The Kier molecular flexibility index (Phi) is 2.91. The normalized spacial score (nSPS) is 10.7. The van der Waals surface area contributed by atoms with Gasteiger partial charge in [-0.25, -0.2) is 4.79 Å². The highest BCUT2D eigenvalue weighted by Gasteiger charge is 2.15. The molecule has 0 spiro atoms. The van der Waals surface area contributed by atoms with Crippen LogP contribution in [0, 0.1) is 6.92 Å². The number of hydrogen-bond donors (Lipinski definition) is 1. The smallest absolute Gasteiger partial charge is 0.336 e. The zero-order valence-electron chi connectivity index (χ0n) is 10.9. The first-order valence-electron chi connectivity index (χ1n) is 6.23. The van der Waals surface area contributed by atoms with Crippen molar-refractivity contribution in [3.05, 3.63) is 59.8 Å². The van der Waals surface area contributed by atoms with Crippen LogP contribution >= 0.6 is 0 Å². The van der Waals surface area contributed by atoms with Gasteiger partial charge in [0.15, 0.2) is 0 Å². The SMILES string of the molecule is Cc1nnc(-c2ccccc2C(=O)O)c2ccccc12. The van der Waals surface area contributed by atoms with E-state index in [4.69, 9.17) is 0 Å². The molecule has 0 amide bonds. The second-order valence-electron chi connectivity index (χ2n) is 4.53. The van der Waals surface area contributed by atoms with Crippen molar-refractivity contribution < 1.29 is 9.90 Å². The number of carbonyl (C=O) groups is 1. The van der Waals surface area contributed by atoms with Crippen molar-refractivity contribution in [2.45, 2.75) is 6.92 Å². The Morgan fingerprint density at radius 1 is 0.950 bits per heavy atom. The maximum atomic E-state index is 11.3. The van der Waals surface area contributed by atoms with Gasteiger partial charge < -0.3 is 5.11 Å².